The average Bonchev–Trinajstić information content (AvgIpc) is 3.51. The van der Waals surface area contributed by atoms with Crippen LogP contribution in [-0.2, 0) is 29.0 Å². The molecule has 1 fully saturated rings. The largest absolute Gasteiger partial charge is 0.385 e. The minimum atomic E-state index is -0.685. The number of hydrogen-bond acceptors (Lipinski definition) is 8. The molecule has 1 saturated heterocycles. The Bertz CT molecular complexity index is 1700. The van der Waals surface area contributed by atoms with Gasteiger partial charge in [0.25, 0.3) is 11.5 Å². The maximum Gasteiger partial charge on any atom is 0.332 e. The van der Waals surface area contributed by atoms with E-state index in [1.165, 1.54) is 21.7 Å². The number of hydrogen-bond donors (Lipinski definition) is 0. The lowest BCUT2D eigenvalue weighted by Crippen LogP contribution is -2.41. The van der Waals surface area contributed by atoms with Crippen LogP contribution in [0.15, 0.2) is 51.2 Å². The first-order chi connectivity index (χ1) is 22.3. The first kappa shape index (κ1) is 32.9. The second-order valence-electron chi connectivity index (χ2n) is 11.6. The maximum atomic E-state index is 13.5. The Labute approximate surface area is 266 Å². The lowest BCUT2D eigenvalue weighted by atomic mass is 10.1. The van der Waals surface area contributed by atoms with Crippen LogP contribution in [-0.4, -0.2) is 74.9 Å². The van der Waals surface area contributed by atoms with Crippen molar-refractivity contribution in [1.82, 2.24) is 24.0 Å². The molecule has 5 heterocycles. The number of halogens is 1. The predicted molar refractivity (Wildman–Crippen MR) is 171 cm³/mol. The van der Waals surface area contributed by atoms with Gasteiger partial charge in [0.1, 0.15) is 11.6 Å². The van der Waals surface area contributed by atoms with Crippen LogP contribution in [0, 0.1) is 5.95 Å². The van der Waals surface area contributed by atoms with E-state index in [1.54, 1.807) is 30.0 Å². The number of carbonyl (C=O) groups is 2. The smallest absolute Gasteiger partial charge is 0.332 e. The molecule has 0 saturated carbocycles. The van der Waals surface area contributed by atoms with Crippen LogP contribution in [0.2, 0.25) is 0 Å². The molecule has 0 N–H and O–H groups in total. The number of pyridine rings is 2. The van der Waals surface area contributed by atoms with Crippen LogP contribution >= 0.6 is 0 Å². The van der Waals surface area contributed by atoms with Crippen molar-refractivity contribution in [2.75, 3.05) is 38.3 Å². The molecule has 3 aromatic rings. The molecule has 0 atom stereocenters. The van der Waals surface area contributed by atoms with Gasteiger partial charge in [-0.15, -0.1) is 0 Å². The van der Waals surface area contributed by atoms with Crippen molar-refractivity contribution in [3.63, 3.8) is 0 Å². The normalized spacial score (nSPS) is 14.4. The summed E-state index contributed by atoms with van der Waals surface area (Å²) in [6, 6.07) is 6.01. The fourth-order valence-corrected chi connectivity index (χ4v) is 5.88. The maximum absolute atomic E-state index is 13.5. The topological polar surface area (TPSA) is 132 Å². The van der Waals surface area contributed by atoms with Crippen LogP contribution in [0.1, 0.15) is 73.4 Å². The summed E-state index contributed by atoms with van der Waals surface area (Å²) in [6.07, 6.45) is 8.06. The summed E-state index contributed by atoms with van der Waals surface area (Å²) in [6.45, 7) is 4.77. The minimum absolute atomic E-state index is 0.120. The number of piperidine rings is 1. The van der Waals surface area contributed by atoms with Crippen molar-refractivity contribution in [1.29, 1.82) is 0 Å². The molecule has 13 heteroatoms. The number of likely N-dealkylation sites (tertiary alicyclic amines) is 1. The number of unbranched alkanes of at least 4 members (excludes halogenated alkanes) is 1. The van der Waals surface area contributed by atoms with Crippen molar-refractivity contribution in [3.05, 3.63) is 80.1 Å². The van der Waals surface area contributed by atoms with Crippen molar-refractivity contribution in [3.8, 4) is 0 Å². The molecule has 5 rings (SSSR count). The van der Waals surface area contributed by atoms with Gasteiger partial charge in [-0.05, 0) is 62.8 Å². The Morgan fingerprint density at radius 3 is 2.52 bits per heavy atom. The van der Waals surface area contributed by atoms with E-state index in [0.29, 0.717) is 86.9 Å². The van der Waals surface area contributed by atoms with Crippen LogP contribution in [0.25, 0.3) is 0 Å². The van der Waals surface area contributed by atoms with Crippen LogP contribution < -0.4 is 16.1 Å². The van der Waals surface area contributed by atoms with E-state index < -0.39 is 11.9 Å². The lowest BCUT2D eigenvalue weighted by molar-refractivity contribution is -0.133. The zero-order valence-electron chi connectivity index (χ0n) is 26.4. The molecular formula is C33H40FN7O5. The number of methoxy groups -OCH3 is 1. The molecule has 46 heavy (non-hydrogen) atoms. The van der Waals surface area contributed by atoms with Gasteiger partial charge in [0.2, 0.25) is 11.9 Å². The SMILES string of the molecule is CCCn1c2c(c(=O)n(CCCCOC)c1=O)CC(c1ccc(N(CCCN3CCCCC3=O)C(=O)c3ccc(F)nc3)nc1)=N2. The van der Waals surface area contributed by atoms with Gasteiger partial charge in [-0.3, -0.25) is 28.4 Å². The molecule has 244 valence electrons. The third-order valence-corrected chi connectivity index (χ3v) is 8.31. The molecular weight excluding hydrogens is 593 g/mol. The summed E-state index contributed by atoms with van der Waals surface area (Å²) < 4.78 is 21.5. The Morgan fingerprint density at radius 2 is 1.83 bits per heavy atom. The van der Waals surface area contributed by atoms with Crippen LogP contribution in [0.3, 0.4) is 0 Å². The van der Waals surface area contributed by atoms with Gasteiger partial charge in [-0.25, -0.2) is 19.8 Å². The first-order valence-electron chi connectivity index (χ1n) is 15.9. The zero-order valence-corrected chi connectivity index (χ0v) is 26.4. The molecule has 0 aromatic carbocycles. The highest BCUT2D eigenvalue weighted by Gasteiger charge is 2.27. The van der Waals surface area contributed by atoms with Crippen molar-refractivity contribution in [2.45, 2.75) is 71.4 Å². The van der Waals surface area contributed by atoms with E-state index in [-0.39, 0.29) is 35.7 Å². The van der Waals surface area contributed by atoms with Crippen LogP contribution in [0.4, 0.5) is 16.0 Å². The Balaban J connectivity index is 1.38. The number of anilines is 1. The fourth-order valence-electron chi connectivity index (χ4n) is 5.88. The number of fused-ring (bicyclic) bond motifs is 1. The van der Waals surface area contributed by atoms with E-state index in [0.717, 1.165) is 25.3 Å². The van der Waals surface area contributed by atoms with E-state index in [9.17, 15) is 23.6 Å². The van der Waals surface area contributed by atoms with Gasteiger partial charge in [0.05, 0.1) is 16.8 Å². The second-order valence-corrected chi connectivity index (χ2v) is 11.6. The molecule has 3 aromatic heterocycles. The quantitative estimate of drug-likeness (QED) is 0.196. The Morgan fingerprint density at radius 1 is 0.978 bits per heavy atom. The highest BCUT2D eigenvalue weighted by Crippen LogP contribution is 2.26. The zero-order chi connectivity index (χ0) is 32.6. The van der Waals surface area contributed by atoms with Gasteiger partial charge >= 0.3 is 5.69 Å². The Kier molecular flexibility index (Phi) is 10.8. The monoisotopic (exact) mass is 633 g/mol. The second kappa shape index (κ2) is 15.2. The number of carbonyl (C=O) groups excluding carboxylic acids is 2. The average molecular weight is 634 g/mol. The summed E-state index contributed by atoms with van der Waals surface area (Å²) in [5.41, 5.74) is 1.27. The summed E-state index contributed by atoms with van der Waals surface area (Å²) >= 11 is 0. The minimum Gasteiger partial charge on any atom is -0.385 e. The molecule has 2 aliphatic heterocycles. The molecule has 0 spiro atoms. The predicted octanol–water partition coefficient (Wildman–Crippen LogP) is 3.50. The number of aliphatic imine (C=N–C) groups is 1. The van der Waals surface area contributed by atoms with E-state index in [4.69, 9.17) is 9.73 Å². The fraction of sp³-hybridized carbons (Fsp3) is 0.485. The Hall–Kier alpha value is -4.52. The summed E-state index contributed by atoms with van der Waals surface area (Å²) in [5, 5.41) is 0. The molecule has 12 nitrogen and oxygen atoms in total. The summed E-state index contributed by atoms with van der Waals surface area (Å²) in [7, 11) is 1.62. The van der Waals surface area contributed by atoms with Crippen molar-refractivity contribution >= 4 is 29.2 Å². The van der Waals surface area contributed by atoms with Gasteiger partial charge in [0.15, 0.2) is 0 Å². The third kappa shape index (κ3) is 7.30. The first-order valence-corrected chi connectivity index (χ1v) is 15.9. The summed E-state index contributed by atoms with van der Waals surface area (Å²) in [5.74, 6) is -0.194. The van der Waals surface area contributed by atoms with Crippen LogP contribution in [0.5, 0.6) is 0 Å². The van der Waals surface area contributed by atoms with E-state index >= 15 is 0 Å². The number of amides is 2. The molecule has 0 bridgehead atoms. The standard InChI is InChI=1S/C33H40FN7O5/c1-3-14-40-30-25(32(44)41(33(40)45)17-6-7-19-46-2)20-26(37-30)23-11-13-28(36-21-23)39(31(43)24-10-12-27(34)35-22-24)18-8-16-38-15-5-4-9-29(38)42/h10-13,21-22H,3-9,14-20H2,1-2H3. The number of ether oxygens (including phenoxy) is 1. The summed E-state index contributed by atoms with van der Waals surface area (Å²) in [4.78, 5) is 68.8. The van der Waals surface area contributed by atoms with Gasteiger partial charge in [-0.1, -0.05) is 6.92 Å². The van der Waals surface area contributed by atoms with E-state index in [1.807, 2.05) is 11.8 Å². The van der Waals surface area contributed by atoms with Gasteiger partial charge < -0.3 is 9.64 Å². The molecule has 0 unspecified atom stereocenters. The van der Waals surface area contributed by atoms with Crippen molar-refractivity contribution in [2.24, 2.45) is 4.99 Å². The lowest BCUT2D eigenvalue weighted by Gasteiger charge is -2.28. The number of aromatic nitrogens is 4. The molecule has 0 radical (unpaired) electrons. The highest BCUT2D eigenvalue weighted by molar-refractivity contribution is 6.07. The highest BCUT2D eigenvalue weighted by atomic mass is 19.1. The number of nitrogens with zero attached hydrogens (tertiary/aromatic N) is 7. The van der Waals surface area contributed by atoms with Gasteiger partial charge in [-0.2, -0.15) is 4.39 Å². The molecule has 2 amide bonds. The third-order valence-electron chi connectivity index (χ3n) is 8.31. The van der Waals surface area contributed by atoms with Gasteiger partial charge in [0, 0.05) is 77.2 Å². The molecule has 0 aliphatic carbocycles. The molecule has 2 aliphatic rings. The number of rotatable bonds is 14. The van der Waals surface area contributed by atoms with Crippen molar-refractivity contribution < 1.29 is 18.7 Å². The van der Waals surface area contributed by atoms with E-state index in [2.05, 4.69) is 9.97 Å².